The van der Waals surface area contributed by atoms with Crippen LogP contribution < -0.4 is 4.72 Å². The largest absolute Gasteiger partial charge is 0.508 e. The van der Waals surface area contributed by atoms with E-state index in [1.54, 1.807) is 0 Å². The number of hydrogen-bond donors (Lipinski definition) is 2. The molecule has 2 rings (SSSR count). The number of rotatable bonds is 4. The highest BCUT2D eigenvalue weighted by molar-refractivity contribution is 8.01. The molecule has 0 spiro atoms. The maximum Gasteiger partial charge on any atom is 0.240 e. The smallest absolute Gasteiger partial charge is 0.240 e. The summed E-state index contributed by atoms with van der Waals surface area (Å²) in [6, 6.07) is 5.71. The minimum Gasteiger partial charge on any atom is -0.508 e. The Morgan fingerprint density at radius 2 is 2.28 bits per heavy atom. The molecule has 1 atom stereocenters. The third-order valence-corrected chi connectivity index (χ3v) is 6.00. The van der Waals surface area contributed by atoms with Crippen molar-refractivity contribution < 1.29 is 13.5 Å². The fourth-order valence-electron chi connectivity index (χ4n) is 1.96. The van der Waals surface area contributed by atoms with Crippen LogP contribution >= 0.6 is 11.8 Å². The van der Waals surface area contributed by atoms with E-state index >= 15 is 0 Å². The van der Waals surface area contributed by atoms with E-state index < -0.39 is 10.0 Å². The summed E-state index contributed by atoms with van der Waals surface area (Å²) in [5, 5.41) is 9.31. The van der Waals surface area contributed by atoms with Gasteiger partial charge in [-0.2, -0.15) is 11.8 Å². The number of nitrogens with one attached hydrogen (secondary N) is 1. The third-order valence-electron chi connectivity index (χ3n) is 3.06. The van der Waals surface area contributed by atoms with Crippen LogP contribution in [0.15, 0.2) is 29.2 Å². The van der Waals surface area contributed by atoms with Crippen molar-refractivity contribution in [1.82, 2.24) is 4.72 Å². The van der Waals surface area contributed by atoms with Crippen molar-refractivity contribution in [3.63, 3.8) is 0 Å². The molecule has 0 saturated carbocycles. The lowest BCUT2D eigenvalue weighted by molar-refractivity contribution is 0.473. The lowest BCUT2D eigenvalue weighted by Crippen LogP contribution is -2.36. The van der Waals surface area contributed by atoms with Crippen molar-refractivity contribution >= 4 is 21.8 Å². The molecule has 18 heavy (non-hydrogen) atoms. The van der Waals surface area contributed by atoms with Crippen molar-refractivity contribution in [3.05, 3.63) is 24.3 Å². The summed E-state index contributed by atoms with van der Waals surface area (Å²) < 4.78 is 26.7. The Hall–Kier alpha value is -0.720. The summed E-state index contributed by atoms with van der Waals surface area (Å²) >= 11 is 1.81. The second kappa shape index (κ2) is 5.11. The molecule has 1 fully saturated rings. The van der Waals surface area contributed by atoms with Crippen LogP contribution in [0.5, 0.6) is 5.75 Å². The Morgan fingerprint density at radius 1 is 1.50 bits per heavy atom. The van der Waals surface area contributed by atoms with Crippen molar-refractivity contribution in [3.8, 4) is 5.75 Å². The van der Waals surface area contributed by atoms with Gasteiger partial charge in [-0.25, -0.2) is 13.1 Å². The first kappa shape index (κ1) is 13.7. The van der Waals surface area contributed by atoms with Gasteiger partial charge in [-0.1, -0.05) is 6.07 Å². The molecule has 4 nitrogen and oxygen atoms in total. The number of aromatic hydroxyl groups is 1. The zero-order valence-corrected chi connectivity index (χ0v) is 11.9. The lowest BCUT2D eigenvalue weighted by atomic mass is 10.1. The molecular weight excluding hydrogens is 270 g/mol. The SMILES string of the molecule is CC1(CNS(=O)(=O)c2cccc(O)c2)CCCS1. The summed E-state index contributed by atoms with van der Waals surface area (Å²) in [6.45, 7) is 2.51. The first-order chi connectivity index (χ1) is 8.41. The van der Waals surface area contributed by atoms with Crippen LogP contribution in [0.4, 0.5) is 0 Å². The first-order valence-electron chi connectivity index (χ1n) is 5.84. The number of hydrogen-bond acceptors (Lipinski definition) is 4. The maximum absolute atomic E-state index is 12.1. The standard InChI is InChI=1S/C12H17NO3S2/c1-12(6-3-7-17-12)9-13-18(15,16)11-5-2-4-10(14)8-11/h2,4-5,8,13-14H,3,6-7,9H2,1H3. The van der Waals surface area contributed by atoms with E-state index in [0.29, 0.717) is 6.54 Å². The van der Waals surface area contributed by atoms with E-state index in [0.717, 1.165) is 18.6 Å². The van der Waals surface area contributed by atoms with Crippen molar-refractivity contribution in [2.24, 2.45) is 0 Å². The van der Waals surface area contributed by atoms with Gasteiger partial charge in [0, 0.05) is 11.3 Å². The minimum atomic E-state index is -3.53. The van der Waals surface area contributed by atoms with Crippen LogP contribution in [0.1, 0.15) is 19.8 Å². The quantitative estimate of drug-likeness (QED) is 0.888. The van der Waals surface area contributed by atoms with E-state index in [1.165, 1.54) is 24.3 Å². The Morgan fingerprint density at radius 3 is 2.89 bits per heavy atom. The van der Waals surface area contributed by atoms with Gasteiger partial charge in [0.25, 0.3) is 0 Å². The van der Waals surface area contributed by atoms with Crippen LogP contribution in [-0.4, -0.2) is 30.6 Å². The molecule has 0 amide bonds. The van der Waals surface area contributed by atoms with E-state index in [2.05, 4.69) is 11.6 Å². The van der Waals surface area contributed by atoms with Gasteiger partial charge >= 0.3 is 0 Å². The molecular formula is C12H17NO3S2. The fraction of sp³-hybridized carbons (Fsp3) is 0.500. The first-order valence-corrected chi connectivity index (χ1v) is 8.31. The summed E-state index contributed by atoms with van der Waals surface area (Å²) in [6.07, 6.45) is 2.16. The van der Waals surface area contributed by atoms with Crippen LogP contribution in [0.2, 0.25) is 0 Å². The highest BCUT2D eigenvalue weighted by atomic mass is 32.2. The molecule has 0 aliphatic carbocycles. The van der Waals surface area contributed by atoms with Gasteiger partial charge in [-0.15, -0.1) is 0 Å². The van der Waals surface area contributed by atoms with Crippen molar-refractivity contribution in [2.45, 2.75) is 29.4 Å². The highest BCUT2D eigenvalue weighted by Gasteiger charge is 2.31. The summed E-state index contributed by atoms with van der Waals surface area (Å²) in [7, 11) is -3.53. The van der Waals surface area contributed by atoms with Crippen LogP contribution in [0.25, 0.3) is 0 Å². The summed E-state index contributed by atoms with van der Waals surface area (Å²) in [5.41, 5.74) is 0. The van der Waals surface area contributed by atoms with Crippen LogP contribution in [-0.2, 0) is 10.0 Å². The Bertz CT molecular complexity index is 522. The average molecular weight is 287 g/mol. The molecule has 1 aromatic carbocycles. The number of sulfonamides is 1. The molecule has 2 N–H and O–H groups in total. The second-order valence-electron chi connectivity index (χ2n) is 4.72. The molecule has 1 heterocycles. The Labute approximate surface area is 112 Å². The van der Waals surface area contributed by atoms with Gasteiger partial charge < -0.3 is 5.11 Å². The molecule has 0 aromatic heterocycles. The molecule has 1 unspecified atom stereocenters. The van der Waals surface area contributed by atoms with Gasteiger partial charge in [-0.3, -0.25) is 0 Å². The van der Waals surface area contributed by atoms with Gasteiger partial charge in [0.2, 0.25) is 10.0 Å². The zero-order chi connectivity index (χ0) is 13.2. The molecule has 1 aliphatic rings. The summed E-state index contributed by atoms with van der Waals surface area (Å²) in [5.74, 6) is 1.05. The number of phenolic OH excluding ortho intramolecular Hbond substituents is 1. The van der Waals surface area contributed by atoms with Gasteiger partial charge in [0.05, 0.1) is 4.90 Å². The van der Waals surface area contributed by atoms with Crippen molar-refractivity contribution in [1.29, 1.82) is 0 Å². The van der Waals surface area contributed by atoms with Gasteiger partial charge in [0.15, 0.2) is 0 Å². The number of thioether (sulfide) groups is 1. The highest BCUT2D eigenvalue weighted by Crippen LogP contribution is 2.37. The van der Waals surface area contributed by atoms with Crippen molar-refractivity contribution in [2.75, 3.05) is 12.3 Å². The monoisotopic (exact) mass is 287 g/mol. The number of phenols is 1. The molecule has 0 bridgehead atoms. The van der Waals surface area contributed by atoms with Crippen LogP contribution in [0.3, 0.4) is 0 Å². The second-order valence-corrected chi connectivity index (χ2v) is 8.17. The molecule has 6 heteroatoms. The molecule has 1 aliphatic heterocycles. The topological polar surface area (TPSA) is 66.4 Å². The Balaban J connectivity index is 2.08. The molecule has 1 saturated heterocycles. The minimum absolute atomic E-state index is 0.0100. The van der Waals surface area contributed by atoms with E-state index in [4.69, 9.17) is 0 Å². The van der Waals surface area contributed by atoms with E-state index in [-0.39, 0.29) is 15.4 Å². The molecule has 1 aromatic rings. The molecule has 100 valence electrons. The average Bonchev–Trinajstić information content (AvgIpc) is 2.75. The van der Waals surface area contributed by atoms with Crippen LogP contribution in [0, 0.1) is 0 Å². The summed E-state index contributed by atoms with van der Waals surface area (Å²) in [4.78, 5) is 0.106. The van der Waals surface area contributed by atoms with Gasteiger partial charge in [-0.05, 0) is 43.7 Å². The predicted octanol–water partition coefficient (Wildman–Crippen LogP) is 1.96. The van der Waals surface area contributed by atoms with E-state index in [9.17, 15) is 13.5 Å². The maximum atomic E-state index is 12.1. The third kappa shape index (κ3) is 3.18. The molecule has 0 radical (unpaired) electrons. The lowest BCUT2D eigenvalue weighted by Gasteiger charge is -2.22. The zero-order valence-electron chi connectivity index (χ0n) is 10.2. The van der Waals surface area contributed by atoms with E-state index in [1.807, 2.05) is 11.8 Å². The Kier molecular flexibility index (Phi) is 3.89. The predicted molar refractivity (Wildman–Crippen MR) is 73.4 cm³/mol. The fourth-order valence-corrected chi connectivity index (χ4v) is 4.50. The van der Waals surface area contributed by atoms with Gasteiger partial charge in [0.1, 0.15) is 5.75 Å². The number of benzene rings is 1. The normalized spacial score (nSPS) is 24.3.